The molecule has 1 fully saturated rings. The van der Waals surface area contributed by atoms with Gasteiger partial charge >= 0.3 is 0 Å². The van der Waals surface area contributed by atoms with Crippen molar-refractivity contribution in [3.63, 3.8) is 0 Å². The third-order valence-electron chi connectivity index (χ3n) is 4.04. The highest BCUT2D eigenvalue weighted by molar-refractivity contribution is 5.34. The summed E-state index contributed by atoms with van der Waals surface area (Å²) in [5, 5.41) is 11.9. The van der Waals surface area contributed by atoms with Gasteiger partial charge in [-0.15, -0.1) is 0 Å². The Morgan fingerprint density at radius 2 is 2.00 bits per heavy atom. The van der Waals surface area contributed by atoms with E-state index in [0.29, 0.717) is 6.04 Å². The van der Waals surface area contributed by atoms with Gasteiger partial charge in [0, 0.05) is 18.2 Å². The van der Waals surface area contributed by atoms with Gasteiger partial charge < -0.3 is 5.32 Å². The van der Waals surface area contributed by atoms with Crippen molar-refractivity contribution in [2.75, 3.05) is 0 Å². The summed E-state index contributed by atoms with van der Waals surface area (Å²) in [5.41, 5.74) is 0.326. The second-order valence-electron chi connectivity index (χ2n) is 6.37. The summed E-state index contributed by atoms with van der Waals surface area (Å²) in [6.07, 6.45) is 4.41. The minimum absolute atomic E-state index is 0.0162. The number of rotatable bonds is 3. The summed E-state index contributed by atoms with van der Waals surface area (Å²) in [4.78, 5) is 0. The highest BCUT2D eigenvalue weighted by atomic mass is 19.1. The van der Waals surface area contributed by atoms with E-state index in [0.717, 1.165) is 31.4 Å². The van der Waals surface area contributed by atoms with E-state index in [9.17, 15) is 8.78 Å². The van der Waals surface area contributed by atoms with E-state index in [4.69, 9.17) is 5.26 Å². The molecule has 0 saturated heterocycles. The molecular formula is C16H20F2N2. The van der Waals surface area contributed by atoms with Crippen LogP contribution in [0.25, 0.3) is 0 Å². The summed E-state index contributed by atoms with van der Waals surface area (Å²) >= 11 is 0. The third kappa shape index (κ3) is 3.55. The number of benzene rings is 1. The molecule has 1 atom stereocenters. The minimum Gasteiger partial charge on any atom is -0.310 e. The molecule has 20 heavy (non-hydrogen) atoms. The molecule has 0 amide bonds. The molecule has 108 valence electrons. The van der Waals surface area contributed by atoms with Gasteiger partial charge in [-0.05, 0) is 36.8 Å². The Morgan fingerprint density at radius 3 is 2.55 bits per heavy atom. The van der Waals surface area contributed by atoms with Crippen molar-refractivity contribution in [3.8, 4) is 6.07 Å². The maximum Gasteiger partial charge on any atom is 0.131 e. The van der Waals surface area contributed by atoms with Crippen molar-refractivity contribution < 1.29 is 8.78 Å². The molecular weight excluding hydrogens is 258 g/mol. The molecule has 2 nitrogen and oxygen atoms in total. The first-order chi connectivity index (χ1) is 9.41. The second-order valence-corrected chi connectivity index (χ2v) is 6.37. The number of nitrogens with one attached hydrogen (secondary N) is 1. The van der Waals surface area contributed by atoms with E-state index in [1.807, 2.05) is 0 Å². The summed E-state index contributed by atoms with van der Waals surface area (Å²) < 4.78 is 27.5. The van der Waals surface area contributed by atoms with Crippen molar-refractivity contribution in [3.05, 3.63) is 34.9 Å². The molecule has 1 aromatic rings. The zero-order chi connectivity index (χ0) is 14.8. The Balaban J connectivity index is 2.03. The summed E-state index contributed by atoms with van der Waals surface area (Å²) in [7, 11) is 0. The maximum atomic E-state index is 13.8. The molecule has 1 unspecified atom stereocenters. The van der Waals surface area contributed by atoms with Gasteiger partial charge in [-0.3, -0.25) is 0 Å². The van der Waals surface area contributed by atoms with Crippen LogP contribution in [0.3, 0.4) is 0 Å². The van der Waals surface area contributed by atoms with Gasteiger partial charge in [0.25, 0.3) is 0 Å². The fraction of sp³-hybridized carbons (Fsp3) is 0.562. The van der Waals surface area contributed by atoms with E-state index in [2.05, 4.69) is 19.2 Å². The maximum absolute atomic E-state index is 13.8. The quantitative estimate of drug-likeness (QED) is 0.910. The lowest BCUT2D eigenvalue weighted by Gasteiger charge is -2.35. The van der Waals surface area contributed by atoms with Crippen LogP contribution < -0.4 is 5.32 Å². The SMILES string of the molecule is CC1(C)CCCC(NCc2c(F)cc(C#N)cc2F)C1. The van der Waals surface area contributed by atoms with Gasteiger partial charge in [0.15, 0.2) is 0 Å². The predicted octanol–water partition coefficient (Wildman–Crippen LogP) is 3.89. The monoisotopic (exact) mass is 278 g/mol. The van der Waals surface area contributed by atoms with Crippen LogP contribution in [0, 0.1) is 28.4 Å². The van der Waals surface area contributed by atoms with Gasteiger partial charge in [-0.1, -0.05) is 20.3 Å². The molecule has 4 heteroatoms. The first-order valence-electron chi connectivity index (χ1n) is 7.03. The first-order valence-corrected chi connectivity index (χ1v) is 7.03. The van der Waals surface area contributed by atoms with Crippen LogP contribution in [0.2, 0.25) is 0 Å². The number of nitrogens with zero attached hydrogens (tertiary/aromatic N) is 1. The van der Waals surface area contributed by atoms with Crippen LogP contribution in [0.4, 0.5) is 8.78 Å². The van der Waals surface area contributed by atoms with Crippen LogP contribution in [0.5, 0.6) is 0 Å². The van der Waals surface area contributed by atoms with Gasteiger partial charge in [0.2, 0.25) is 0 Å². The fourth-order valence-corrected chi connectivity index (χ4v) is 2.96. The van der Waals surface area contributed by atoms with E-state index in [1.54, 1.807) is 6.07 Å². The Labute approximate surface area is 118 Å². The lowest BCUT2D eigenvalue weighted by atomic mass is 9.75. The van der Waals surface area contributed by atoms with E-state index >= 15 is 0 Å². The van der Waals surface area contributed by atoms with Crippen LogP contribution in [-0.2, 0) is 6.54 Å². The smallest absolute Gasteiger partial charge is 0.131 e. The number of hydrogen-bond donors (Lipinski definition) is 1. The predicted molar refractivity (Wildman–Crippen MR) is 73.9 cm³/mol. The molecule has 0 heterocycles. The second kappa shape index (κ2) is 5.88. The van der Waals surface area contributed by atoms with Gasteiger partial charge in [0.1, 0.15) is 11.6 Å². The van der Waals surface area contributed by atoms with Gasteiger partial charge in [0.05, 0.1) is 11.6 Å². The van der Waals surface area contributed by atoms with E-state index in [-0.39, 0.29) is 23.1 Å². The molecule has 0 bridgehead atoms. The first kappa shape index (κ1) is 14.9. The Morgan fingerprint density at radius 1 is 1.35 bits per heavy atom. The average molecular weight is 278 g/mol. The number of nitriles is 1. The Bertz CT molecular complexity index is 509. The van der Waals surface area contributed by atoms with Crippen molar-refractivity contribution in [2.45, 2.75) is 52.1 Å². The number of halogens is 2. The molecule has 0 aliphatic heterocycles. The fourth-order valence-electron chi connectivity index (χ4n) is 2.96. The highest BCUT2D eigenvalue weighted by Gasteiger charge is 2.27. The zero-order valence-corrected chi connectivity index (χ0v) is 12.0. The van der Waals surface area contributed by atoms with Crippen molar-refractivity contribution >= 4 is 0 Å². The molecule has 0 aromatic heterocycles. The van der Waals surface area contributed by atoms with Crippen molar-refractivity contribution in [1.29, 1.82) is 5.26 Å². The van der Waals surface area contributed by atoms with Crippen LogP contribution in [0.15, 0.2) is 12.1 Å². The molecule has 1 aliphatic carbocycles. The number of hydrogen-bond acceptors (Lipinski definition) is 2. The standard InChI is InChI=1S/C16H20F2N2/c1-16(2)5-3-4-12(8-16)20-10-13-14(17)6-11(9-19)7-15(13)18/h6-7,12,20H,3-5,8,10H2,1-2H3. The molecule has 1 aromatic carbocycles. The molecule has 0 spiro atoms. The minimum atomic E-state index is -0.649. The van der Waals surface area contributed by atoms with Crippen molar-refractivity contribution in [1.82, 2.24) is 5.32 Å². The van der Waals surface area contributed by atoms with Crippen molar-refractivity contribution in [2.24, 2.45) is 5.41 Å². The van der Waals surface area contributed by atoms with Gasteiger partial charge in [-0.25, -0.2) is 8.78 Å². The largest absolute Gasteiger partial charge is 0.310 e. The lowest BCUT2D eigenvalue weighted by Crippen LogP contribution is -2.37. The average Bonchev–Trinajstić information content (AvgIpc) is 2.36. The van der Waals surface area contributed by atoms with Crippen LogP contribution >= 0.6 is 0 Å². The van der Waals surface area contributed by atoms with E-state index < -0.39 is 11.6 Å². The molecule has 1 saturated carbocycles. The van der Waals surface area contributed by atoms with Crippen LogP contribution in [0.1, 0.15) is 50.7 Å². The normalized spacial score (nSPS) is 21.4. The zero-order valence-electron chi connectivity index (χ0n) is 12.0. The summed E-state index contributed by atoms with van der Waals surface area (Å²) in [5.74, 6) is -1.30. The van der Waals surface area contributed by atoms with Crippen LogP contribution in [-0.4, -0.2) is 6.04 Å². The topological polar surface area (TPSA) is 35.8 Å². The lowest BCUT2D eigenvalue weighted by molar-refractivity contribution is 0.197. The summed E-state index contributed by atoms with van der Waals surface area (Å²) in [6, 6.07) is 4.23. The Kier molecular flexibility index (Phi) is 4.39. The molecule has 1 N–H and O–H groups in total. The highest BCUT2D eigenvalue weighted by Crippen LogP contribution is 2.35. The molecule has 0 radical (unpaired) electrons. The summed E-state index contributed by atoms with van der Waals surface area (Å²) in [6.45, 7) is 4.62. The van der Waals surface area contributed by atoms with Gasteiger partial charge in [-0.2, -0.15) is 5.26 Å². The van der Waals surface area contributed by atoms with E-state index in [1.165, 1.54) is 6.42 Å². The Hall–Kier alpha value is -1.47. The molecule has 1 aliphatic rings. The third-order valence-corrected chi connectivity index (χ3v) is 4.04. The molecule has 2 rings (SSSR count).